The molecule has 14 heavy (non-hydrogen) atoms. The van der Waals surface area contributed by atoms with Gasteiger partial charge >= 0.3 is 0 Å². The lowest BCUT2D eigenvalue weighted by Gasteiger charge is -2.01. The molecule has 2 aromatic rings. The topological polar surface area (TPSA) is 30.9 Å². The second kappa shape index (κ2) is 2.61. The Morgan fingerprint density at radius 1 is 1.36 bits per heavy atom. The molecule has 1 aliphatic carbocycles. The number of hydrogen-bond donors (Lipinski definition) is 1. The smallest absolute Gasteiger partial charge is 0.0480 e. The van der Waals surface area contributed by atoms with Gasteiger partial charge in [-0.15, -0.1) is 0 Å². The van der Waals surface area contributed by atoms with Crippen molar-refractivity contribution in [3.63, 3.8) is 0 Å². The van der Waals surface area contributed by atoms with Crippen molar-refractivity contribution < 1.29 is 0 Å². The Bertz CT molecular complexity index is 484. The predicted molar refractivity (Wildman–Crippen MR) is 58.3 cm³/mol. The Kier molecular flexibility index (Phi) is 1.50. The summed E-state index contributed by atoms with van der Waals surface area (Å²) in [6, 6.07) is 9.21. The number of aromatic nitrogens is 1. The summed E-state index contributed by atoms with van der Waals surface area (Å²) in [5.41, 5.74) is 8.55. The van der Waals surface area contributed by atoms with Gasteiger partial charge in [-0.2, -0.15) is 0 Å². The first kappa shape index (κ1) is 8.06. The minimum Gasteiger partial charge on any atom is -0.351 e. The quantitative estimate of drug-likeness (QED) is 0.725. The summed E-state index contributed by atoms with van der Waals surface area (Å²) in [5, 5.41) is 1.31. The first-order valence-electron chi connectivity index (χ1n) is 5.06. The van der Waals surface area contributed by atoms with E-state index in [1.54, 1.807) is 0 Å². The van der Waals surface area contributed by atoms with Crippen molar-refractivity contribution in [1.82, 2.24) is 4.57 Å². The average molecular weight is 186 g/mol. The fraction of sp³-hybridized carbons (Fsp3) is 0.333. The lowest BCUT2D eigenvalue weighted by atomic mass is 10.1. The van der Waals surface area contributed by atoms with Crippen molar-refractivity contribution in [2.45, 2.75) is 18.4 Å². The first-order chi connectivity index (χ1) is 6.75. The van der Waals surface area contributed by atoms with E-state index in [-0.39, 0.29) is 0 Å². The molecule has 1 aromatic carbocycles. The Balaban J connectivity index is 2.14. The predicted octanol–water partition coefficient (Wildman–Crippen LogP) is 1.99. The summed E-state index contributed by atoms with van der Waals surface area (Å²) in [7, 11) is 2.08. The molecular weight excluding hydrogens is 172 g/mol. The van der Waals surface area contributed by atoms with Gasteiger partial charge in [-0.05, 0) is 29.5 Å². The molecule has 2 heteroatoms. The second-order valence-corrected chi connectivity index (χ2v) is 4.25. The van der Waals surface area contributed by atoms with E-state index in [9.17, 15) is 0 Å². The molecule has 2 atom stereocenters. The molecule has 2 nitrogen and oxygen atoms in total. The van der Waals surface area contributed by atoms with Crippen LogP contribution in [0.1, 0.15) is 17.9 Å². The van der Waals surface area contributed by atoms with Gasteiger partial charge in [-0.1, -0.05) is 12.1 Å². The van der Waals surface area contributed by atoms with Crippen molar-refractivity contribution in [2.75, 3.05) is 0 Å². The van der Waals surface area contributed by atoms with Gasteiger partial charge in [0, 0.05) is 30.7 Å². The van der Waals surface area contributed by atoms with Gasteiger partial charge in [0.2, 0.25) is 0 Å². The van der Waals surface area contributed by atoms with Crippen molar-refractivity contribution >= 4 is 10.9 Å². The SMILES string of the molecule is Cn1ccc2ccc(C3CC3N)cc21. The van der Waals surface area contributed by atoms with Gasteiger partial charge in [0.1, 0.15) is 0 Å². The van der Waals surface area contributed by atoms with E-state index in [2.05, 4.69) is 42.1 Å². The Morgan fingerprint density at radius 3 is 2.86 bits per heavy atom. The molecule has 0 radical (unpaired) electrons. The number of nitrogens with two attached hydrogens (primary N) is 1. The van der Waals surface area contributed by atoms with Crippen molar-refractivity contribution in [3.05, 3.63) is 36.0 Å². The maximum absolute atomic E-state index is 5.85. The van der Waals surface area contributed by atoms with Crippen LogP contribution in [0.25, 0.3) is 10.9 Å². The molecule has 1 fully saturated rings. The highest BCUT2D eigenvalue weighted by molar-refractivity contribution is 5.81. The Hall–Kier alpha value is -1.28. The number of rotatable bonds is 1. The number of hydrogen-bond acceptors (Lipinski definition) is 1. The van der Waals surface area contributed by atoms with Crippen molar-refractivity contribution in [1.29, 1.82) is 0 Å². The standard InChI is InChI=1S/C12H14N2/c1-14-5-4-8-2-3-9(6-12(8)14)10-7-11(10)13/h2-6,10-11H,7,13H2,1H3. The van der Waals surface area contributed by atoms with E-state index in [4.69, 9.17) is 5.73 Å². The third-order valence-electron chi connectivity index (χ3n) is 3.18. The number of aryl methyl sites for hydroxylation is 1. The van der Waals surface area contributed by atoms with Gasteiger partial charge in [0.15, 0.2) is 0 Å². The summed E-state index contributed by atoms with van der Waals surface area (Å²) in [5.74, 6) is 0.606. The molecule has 2 N–H and O–H groups in total. The largest absolute Gasteiger partial charge is 0.351 e. The van der Waals surface area contributed by atoms with Gasteiger partial charge in [0.25, 0.3) is 0 Å². The fourth-order valence-corrected chi connectivity index (χ4v) is 2.11. The van der Waals surface area contributed by atoms with E-state index in [0.717, 1.165) is 6.42 Å². The van der Waals surface area contributed by atoms with E-state index >= 15 is 0 Å². The third-order valence-corrected chi connectivity index (χ3v) is 3.18. The molecular formula is C12H14N2. The van der Waals surface area contributed by atoms with Gasteiger partial charge in [-0.3, -0.25) is 0 Å². The molecule has 1 aliphatic rings. The lowest BCUT2D eigenvalue weighted by Crippen LogP contribution is -2.00. The monoisotopic (exact) mass is 186 g/mol. The van der Waals surface area contributed by atoms with E-state index in [1.807, 2.05) is 0 Å². The molecule has 1 heterocycles. The molecule has 72 valence electrons. The number of nitrogens with zero attached hydrogens (tertiary/aromatic N) is 1. The summed E-state index contributed by atoms with van der Waals surface area (Å²) in [6.45, 7) is 0. The number of benzene rings is 1. The lowest BCUT2D eigenvalue weighted by molar-refractivity contribution is 0.960. The normalized spacial score (nSPS) is 25.6. The zero-order valence-corrected chi connectivity index (χ0v) is 8.27. The first-order valence-corrected chi connectivity index (χ1v) is 5.06. The summed E-state index contributed by atoms with van der Waals surface area (Å²) in [4.78, 5) is 0. The second-order valence-electron chi connectivity index (χ2n) is 4.25. The number of fused-ring (bicyclic) bond motifs is 1. The Labute approximate surface area is 83.3 Å². The average Bonchev–Trinajstić information content (AvgIpc) is 2.81. The van der Waals surface area contributed by atoms with Crippen LogP contribution < -0.4 is 5.73 Å². The minimum atomic E-state index is 0.396. The van der Waals surface area contributed by atoms with Crippen LogP contribution in [0.2, 0.25) is 0 Å². The van der Waals surface area contributed by atoms with Crippen LogP contribution in [0.5, 0.6) is 0 Å². The highest BCUT2D eigenvalue weighted by Gasteiger charge is 2.34. The molecule has 1 aromatic heterocycles. The third kappa shape index (κ3) is 1.07. The highest BCUT2D eigenvalue weighted by atomic mass is 14.9. The molecule has 1 saturated carbocycles. The molecule has 0 amide bonds. The Morgan fingerprint density at radius 2 is 2.14 bits per heavy atom. The van der Waals surface area contributed by atoms with Crippen molar-refractivity contribution in [3.8, 4) is 0 Å². The van der Waals surface area contributed by atoms with E-state index in [1.165, 1.54) is 16.5 Å². The van der Waals surface area contributed by atoms with Gasteiger partial charge < -0.3 is 10.3 Å². The van der Waals surface area contributed by atoms with Crippen LogP contribution in [-0.4, -0.2) is 10.6 Å². The maximum atomic E-state index is 5.85. The molecule has 2 unspecified atom stereocenters. The maximum Gasteiger partial charge on any atom is 0.0480 e. The molecule has 0 spiro atoms. The molecule has 0 saturated heterocycles. The van der Waals surface area contributed by atoms with Crippen LogP contribution in [-0.2, 0) is 7.05 Å². The summed E-state index contributed by atoms with van der Waals surface area (Å²) >= 11 is 0. The molecule has 0 aliphatic heterocycles. The fourth-order valence-electron chi connectivity index (χ4n) is 2.11. The summed E-state index contributed by atoms with van der Waals surface area (Å²) in [6.07, 6.45) is 3.25. The minimum absolute atomic E-state index is 0.396. The van der Waals surface area contributed by atoms with Crippen molar-refractivity contribution in [2.24, 2.45) is 12.8 Å². The van der Waals surface area contributed by atoms with Crippen LogP contribution in [0.4, 0.5) is 0 Å². The van der Waals surface area contributed by atoms with Crippen LogP contribution >= 0.6 is 0 Å². The zero-order chi connectivity index (χ0) is 9.71. The van der Waals surface area contributed by atoms with Crippen LogP contribution in [0, 0.1) is 0 Å². The molecule has 3 rings (SSSR count). The van der Waals surface area contributed by atoms with E-state index in [0.29, 0.717) is 12.0 Å². The zero-order valence-electron chi connectivity index (χ0n) is 8.27. The van der Waals surface area contributed by atoms with Crippen LogP contribution in [0.15, 0.2) is 30.5 Å². The van der Waals surface area contributed by atoms with E-state index < -0.39 is 0 Å². The highest BCUT2D eigenvalue weighted by Crippen LogP contribution is 2.39. The van der Waals surface area contributed by atoms with Gasteiger partial charge in [0.05, 0.1) is 0 Å². The molecule has 0 bridgehead atoms. The van der Waals surface area contributed by atoms with Crippen LogP contribution in [0.3, 0.4) is 0 Å². The summed E-state index contributed by atoms with van der Waals surface area (Å²) < 4.78 is 2.16. The van der Waals surface area contributed by atoms with Gasteiger partial charge in [-0.25, -0.2) is 0 Å².